The van der Waals surface area contributed by atoms with Crippen LogP contribution < -0.4 is 24.7 Å². The molecule has 30 heavy (non-hydrogen) atoms. The number of benzene rings is 2. The Morgan fingerprint density at radius 1 is 1.03 bits per heavy atom. The molecule has 0 amide bonds. The third-order valence-electron chi connectivity index (χ3n) is 6.26. The van der Waals surface area contributed by atoms with E-state index in [0.29, 0.717) is 34.8 Å². The van der Waals surface area contributed by atoms with Crippen LogP contribution in [0.15, 0.2) is 24.3 Å². The molecule has 2 aromatic rings. The molecule has 5 rings (SSSR count). The van der Waals surface area contributed by atoms with E-state index in [4.69, 9.17) is 29.4 Å². The maximum atomic E-state index is 12.8. The summed E-state index contributed by atoms with van der Waals surface area (Å²) >= 11 is 0. The fraction of sp³-hybridized carbons (Fsp3) is 0.364. The molecule has 2 heterocycles. The average Bonchev–Trinajstić information content (AvgIpc) is 3.38. The monoisotopic (exact) mass is 411 g/mol. The van der Waals surface area contributed by atoms with Crippen molar-refractivity contribution >= 4 is 12.3 Å². The zero-order valence-electron chi connectivity index (χ0n) is 16.5. The van der Waals surface area contributed by atoms with E-state index >= 15 is 0 Å². The number of rotatable bonds is 4. The van der Waals surface area contributed by atoms with Crippen LogP contribution in [-0.2, 0) is 9.53 Å². The average molecular weight is 411 g/mol. The van der Waals surface area contributed by atoms with Gasteiger partial charge in [-0.05, 0) is 41.0 Å². The number of fused-ring (bicyclic) bond motifs is 3. The molecular weight excluding hydrogens is 390 g/mol. The summed E-state index contributed by atoms with van der Waals surface area (Å²) < 4.78 is 27.3. The van der Waals surface area contributed by atoms with Crippen LogP contribution in [0.3, 0.4) is 0 Å². The lowest BCUT2D eigenvalue weighted by Gasteiger charge is -2.37. The highest BCUT2D eigenvalue weighted by molar-refractivity contribution is 5.83. The highest BCUT2D eigenvalue weighted by Crippen LogP contribution is 2.54. The summed E-state index contributed by atoms with van der Waals surface area (Å²) in [6.07, 6.45) is 0.713. The van der Waals surface area contributed by atoms with Gasteiger partial charge in [0.25, 0.3) is 0 Å². The molecule has 156 valence electrons. The molecule has 2 aliphatic heterocycles. The number of carbonyl (C=O) groups excluding carboxylic acids is 2. The van der Waals surface area contributed by atoms with E-state index in [1.54, 1.807) is 12.1 Å². The number of aldehydes is 1. The minimum Gasteiger partial charge on any atom is -0.493 e. The smallest absolute Gasteiger partial charge is 0.310 e. The summed E-state index contributed by atoms with van der Waals surface area (Å²) in [7, 11) is 2.98. The van der Waals surface area contributed by atoms with E-state index in [1.807, 2.05) is 12.1 Å². The summed E-state index contributed by atoms with van der Waals surface area (Å²) in [6.45, 7) is 0.390. The van der Waals surface area contributed by atoms with Crippen LogP contribution in [0.4, 0.5) is 0 Å². The van der Waals surface area contributed by atoms with Gasteiger partial charge in [0.1, 0.15) is 0 Å². The van der Waals surface area contributed by atoms with Gasteiger partial charge in [-0.15, -0.1) is 0 Å². The summed E-state index contributed by atoms with van der Waals surface area (Å²) in [5.74, 6) is 0.643. The molecular formula is C22H21NO7. The zero-order valence-corrected chi connectivity index (χ0v) is 16.5. The van der Waals surface area contributed by atoms with Crippen LogP contribution in [0.2, 0.25) is 0 Å². The van der Waals surface area contributed by atoms with Gasteiger partial charge in [0.15, 0.2) is 29.3 Å². The lowest BCUT2D eigenvalue weighted by atomic mass is 9.65. The standard InChI is InChI=1S/C22H21NO7/c1-26-17-4-10(3-11(7-24)21(17)27-2)18-12-5-15-16(30-9-29-15)6-13(12)20(23)14-8-28-22(25)19(14)18/h3-7,14,18-20H,8-9,23H2,1-2H3/t14-,18+,19-,20+/m0/s1. The second-order valence-corrected chi connectivity index (χ2v) is 7.62. The Morgan fingerprint density at radius 2 is 1.77 bits per heavy atom. The zero-order chi connectivity index (χ0) is 21.0. The van der Waals surface area contributed by atoms with Crippen molar-refractivity contribution in [1.82, 2.24) is 0 Å². The van der Waals surface area contributed by atoms with Crippen LogP contribution in [0.5, 0.6) is 23.0 Å². The number of esters is 1. The highest BCUT2D eigenvalue weighted by Gasteiger charge is 2.51. The van der Waals surface area contributed by atoms with Gasteiger partial charge in [-0.3, -0.25) is 9.59 Å². The molecule has 2 aromatic carbocycles. The fourth-order valence-corrected chi connectivity index (χ4v) is 4.89. The number of methoxy groups -OCH3 is 2. The Hall–Kier alpha value is -3.26. The normalized spacial score (nSPS) is 25.9. The minimum absolute atomic E-state index is 0.138. The van der Waals surface area contributed by atoms with Crippen molar-refractivity contribution in [2.45, 2.75) is 12.0 Å². The number of hydrogen-bond acceptors (Lipinski definition) is 8. The first-order valence-corrected chi connectivity index (χ1v) is 9.64. The van der Waals surface area contributed by atoms with Gasteiger partial charge in [0.2, 0.25) is 6.79 Å². The van der Waals surface area contributed by atoms with Gasteiger partial charge >= 0.3 is 5.97 Å². The van der Waals surface area contributed by atoms with E-state index in [0.717, 1.165) is 16.7 Å². The summed E-state index contributed by atoms with van der Waals surface area (Å²) in [6, 6.07) is 6.90. The van der Waals surface area contributed by atoms with Gasteiger partial charge in [0, 0.05) is 17.9 Å². The molecule has 0 unspecified atom stereocenters. The van der Waals surface area contributed by atoms with Gasteiger partial charge < -0.3 is 29.4 Å². The van der Waals surface area contributed by atoms with Crippen molar-refractivity contribution in [3.63, 3.8) is 0 Å². The Labute approximate surface area is 172 Å². The maximum absolute atomic E-state index is 12.8. The Kier molecular flexibility index (Phi) is 4.32. The molecule has 0 saturated carbocycles. The number of cyclic esters (lactones) is 1. The Balaban J connectivity index is 1.75. The van der Waals surface area contributed by atoms with Gasteiger partial charge in [0.05, 0.1) is 32.3 Å². The molecule has 0 bridgehead atoms. The molecule has 1 saturated heterocycles. The predicted molar refractivity (Wildman–Crippen MR) is 104 cm³/mol. The molecule has 3 aliphatic rings. The molecule has 2 N–H and O–H groups in total. The SMILES string of the molecule is COc1cc([C@@H]2c3cc4c(cc3[C@@H](N)[C@H]3COC(=O)[C@H]23)OCO4)cc(C=O)c1OC. The molecule has 8 nitrogen and oxygen atoms in total. The molecule has 0 spiro atoms. The predicted octanol–water partition coefficient (Wildman–Crippen LogP) is 2.18. The van der Waals surface area contributed by atoms with Crippen LogP contribution in [0, 0.1) is 11.8 Å². The second kappa shape index (κ2) is 6.91. The maximum Gasteiger partial charge on any atom is 0.310 e. The van der Waals surface area contributed by atoms with Crippen molar-refractivity contribution in [3.8, 4) is 23.0 Å². The van der Waals surface area contributed by atoms with Crippen LogP contribution >= 0.6 is 0 Å². The van der Waals surface area contributed by atoms with E-state index in [9.17, 15) is 9.59 Å². The Bertz CT molecular complexity index is 1050. The number of ether oxygens (including phenoxy) is 5. The summed E-state index contributed by atoms with van der Waals surface area (Å²) in [5, 5.41) is 0. The largest absolute Gasteiger partial charge is 0.493 e. The number of carbonyl (C=O) groups is 2. The second-order valence-electron chi connectivity index (χ2n) is 7.62. The van der Waals surface area contributed by atoms with Crippen LogP contribution in [0.1, 0.15) is 39.0 Å². The van der Waals surface area contributed by atoms with E-state index in [1.165, 1.54) is 14.2 Å². The highest BCUT2D eigenvalue weighted by atomic mass is 16.7. The summed E-state index contributed by atoms with van der Waals surface area (Å²) in [5.41, 5.74) is 9.38. The molecule has 4 atom stereocenters. The van der Waals surface area contributed by atoms with Crippen molar-refractivity contribution in [3.05, 3.63) is 46.5 Å². The molecule has 0 aromatic heterocycles. The molecule has 8 heteroatoms. The lowest BCUT2D eigenvalue weighted by molar-refractivity contribution is -0.141. The molecule has 1 fully saturated rings. The number of nitrogens with two attached hydrogens (primary N) is 1. The van der Waals surface area contributed by atoms with E-state index in [2.05, 4.69) is 0 Å². The van der Waals surface area contributed by atoms with Crippen molar-refractivity contribution in [2.24, 2.45) is 17.6 Å². The first-order chi connectivity index (χ1) is 14.6. The van der Waals surface area contributed by atoms with Gasteiger partial charge in [-0.1, -0.05) is 0 Å². The quantitative estimate of drug-likeness (QED) is 0.603. The van der Waals surface area contributed by atoms with Crippen LogP contribution in [-0.4, -0.2) is 39.9 Å². The van der Waals surface area contributed by atoms with Gasteiger partial charge in [-0.2, -0.15) is 0 Å². The lowest BCUT2D eigenvalue weighted by Crippen LogP contribution is -2.38. The first kappa shape index (κ1) is 18.7. The van der Waals surface area contributed by atoms with E-state index in [-0.39, 0.29) is 37.2 Å². The van der Waals surface area contributed by atoms with Crippen molar-refractivity contribution in [2.75, 3.05) is 27.6 Å². The van der Waals surface area contributed by atoms with Gasteiger partial charge in [-0.25, -0.2) is 0 Å². The first-order valence-electron chi connectivity index (χ1n) is 9.64. The third kappa shape index (κ3) is 2.56. The van der Waals surface area contributed by atoms with E-state index < -0.39 is 5.92 Å². The fourth-order valence-electron chi connectivity index (χ4n) is 4.89. The van der Waals surface area contributed by atoms with Crippen molar-refractivity contribution in [1.29, 1.82) is 0 Å². The third-order valence-corrected chi connectivity index (χ3v) is 6.26. The molecule has 0 radical (unpaired) electrons. The minimum atomic E-state index is -0.481. The summed E-state index contributed by atoms with van der Waals surface area (Å²) in [4.78, 5) is 24.5. The Morgan fingerprint density at radius 3 is 2.43 bits per heavy atom. The van der Waals surface area contributed by atoms with Crippen molar-refractivity contribution < 1.29 is 33.3 Å². The van der Waals surface area contributed by atoms with Crippen LogP contribution in [0.25, 0.3) is 0 Å². The number of hydrogen-bond donors (Lipinski definition) is 1. The topological polar surface area (TPSA) is 106 Å². The molecule has 1 aliphatic carbocycles.